The number of hydrogen-bond donors (Lipinski definition) is 3. The Morgan fingerprint density at radius 2 is 1.59 bits per heavy atom. The van der Waals surface area contributed by atoms with Crippen molar-refractivity contribution in [3.63, 3.8) is 0 Å². The lowest BCUT2D eigenvalue weighted by molar-refractivity contribution is -0.307. The largest absolute Gasteiger partial charge is 0.550 e. The minimum Gasteiger partial charge on any atom is -0.550 e. The summed E-state index contributed by atoms with van der Waals surface area (Å²) in [4.78, 5) is 44.3. The minimum absolute atomic E-state index is 0.0824. The number of H-pyrrole nitrogens is 2. The van der Waals surface area contributed by atoms with E-state index in [1.807, 2.05) is 6.92 Å². The zero-order valence-corrected chi connectivity index (χ0v) is 19.2. The first-order chi connectivity index (χ1) is 16.0. The fourth-order valence-electron chi connectivity index (χ4n) is 4.02. The van der Waals surface area contributed by atoms with Crippen LogP contribution in [-0.2, 0) is 27.2 Å². The Morgan fingerprint density at radius 1 is 0.971 bits per heavy atom. The van der Waals surface area contributed by atoms with Crippen LogP contribution in [0.5, 0.6) is 5.88 Å². The van der Waals surface area contributed by atoms with Crippen molar-refractivity contribution in [1.82, 2.24) is 9.97 Å². The Balaban J connectivity index is 2.20. The third-order valence-corrected chi connectivity index (χ3v) is 5.99. The molecule has 178 valence electrons. The van der Waals surface area contributed by atoms with Crippen LogP contribution >= 0.6 is 0 Å². The molecule has 0 unspecified atom stereocenters. The number of aromatic nitrogens is 2. The fraction of sp³-hybridized carbons (Fsp3) is 0.280. The summed E-state index contributed by atoms with van der Waals surface area (Å²) >= 11 is 0. The van der Waals surface area contributed by atoms with Gasteiger partial charge in [0.15, 0.2) is 5.88 Å². The Labute approximate surface area is 195 Å². The van der Waals surface area contributed by atoms with Gasteiger partial charge in [-0.3, -0.25) is 4.79 Å². The van der Waals surface area contributed by atoms with Gasteiger partial charge in [0, 0.05) is 45.0 Å². The van der Waals surface area contributed by atoms with Gasteiger partial charge in [-0.05, 0) is 75.3 Å². The highest BCUT2D eigenvalue weighted by molar-refractivity contribution is 6.32. The summed E-state index contributed by atoms with van der Waals surface area (Å²) in [6, 6.07) is 0. The van der Waals surface area contributed by atoms with E-state index in [1.54, 1.807) is 32.1 Å². The lowest BCUT2D eigenvalue weighted by Crippen LogP contribution is -2.23. The Morgan fingerprint density at radius 3 is 2.18 bits per heavy atom. The van der Waals surface area contributed by atoms with E-state index < -0.39 is 11.9 Å². The number of aromatic amines is 2. The van der Waals surface area contributed by atoms with Gasteiger partial charge in [-0.2, -0.15) is 0 Å². The molecule has 0 radical (unpaired) electrons. The van der Waals surface area contributed by atoms with Gasteiger partial charge < -0.3 is 34.9 Å². The third kappa shape index (κ3) is 4.93. The molecule has 3 heterocycles. The molecule has 0 bridgehead atoms. The van der Waals surface area contributed by atoms with Crippen molar-refractivity contribution in [1.29, 1.82) is 0 Å². The van der Waals surface area contributed by atoms with Crippen LogP contribution in [0.4, 0.5) is 0 Å². The Bertz CT molecular complexity index is 1380. The number of carboxylic acid groups (broad SMARTS) is 2. The number of carboxylic acids is 2. The fourth-order valence-corrected chi connectivity index (χ4v) is 4.02. The van der Waals surface area contributed by atoms with E-state index in [-0.39, 0.29) is 37.5 Å². The second-order valence-corrected chi connectivity index (χ2v) is 8.12. The highest BCUT2D eigenvalue weighted by atomic mass is 16.4. The molecule has 0 saturated heterocycles. The summed E-state index contributed by atoms with van der Waals surface area (Å²) in [5.41, 5.74) is 4.66. The maximum absolute atomic E-state index is 12.0. The van der Waals surface area contributed by atoms with Gasteiger partial charge in [0.2, 0.25) is 0 Å². The average molecular weight is 463 g/mol. The highest BCUT2D eigenvalue weighted by Crippen LogP contribution is 2.25. The molecule has 1 aliphatic heterocycles. The molecule has 0 atom stereocenters. The predicted octanol–water partition coefficient (Wildman–Crippen LogP) is -0.877. The number of nitrogens with zero attached hydrogens (tertiary/aromatic N) is 1. The van der Waals surface area contributed by atoms with Crippen molar-refractivity contribution in [2.45, 2.75) is 46.5 Å². The third-order valence-electron chi connectivity index (χ3n) is 5.99. The molecule has 3 rings (SSSR count). The van der Waals surface area contributed by atoms with Gasteiger partial charge in [-0.1, -0.05) is 12.7 Å². The van der Waals surface area contributed by atoms with E-state index in [0.717, 1.165) is 5.56 Å². The van der Waals surface area contributed by atoms with Gasteiger partial charge in [0.05, 0.1) is 5.71 Å². The normalized spacial score (nSPS) is 14.8. The number of amides is 1. The highest BCUT2D eigenvalue weighted by Gasteiger charge is 2.20. The summed E-state index contributed by atoms with van der Waals surface area (Å²) in [5.74, 6) is -2.83. The molecular formula is C25H25N3O6-2. The van der Waals surface area contributed by atoms with Crippen LogP contribution in [0.1, 0.15) is 47.7 Å². The minimum atomic E-state index is -1.21. The first-order valence-electron chi connectivity index (χ1n) is 10.7. The molecule has 0 saturated carbocycles. The zero-order valence-electron chi connectivity index (χ0n) is 19.2. The number of aliphatic carboxylic acids is 2. The van der Waals surface area contributed by atoms with Crippen LogP contribution < -0.4 is 20.9 Å². The first kappa shape index (κ1) is 24.5. The monoisotopic (exact) mass is 463 g/mol. The van der Waals surface area contributed by atoms with Crippen molar-refractivity contribution in [2.75, 3.05) is 0 Å². The van der Waals surface area contributed by atoms with Gasteiger partial charge in [0.1, 0.15) is 0 Å². The number of carbonyl (C=O) groups excluding carboxylic acids is 3. The molecule has 0 aromatic carbocycles. The van der Waals surface area contributed by atoms with Crippen molar-refractivity contribution < 1.29 is 29.7 Å². The lowest BCUT2D eigenvalue weighted by atomic mass is 10.0. The molecule has 0 aliphatic carbocycles. The summed E-state index contributed by atoms with van der Waals surface area (Å²) in [6.45, 7) is 8.91. The SMILES string of the molecule is C=CC1=C(C)C(=O)N=C1/C=c1/[nH]/c(=C/c2[nH]c(O)c(C)c2CCC(=O)[O-])c(CCC(=O)[O-])c1C. The van der Waals surface area contributed by atoms with Crippen LogP contribution in [0.25, 0.3) is 12.2 Å². The molecule has 0 fully saturated rings. The van der Waals surface area contributed by atoms with E-state index in [4.69, 9.17) is 0 Å². The Kier molecular flexibility index (Phi) is 7.05. The lowest BCUT2D eigenvalue weighted by Gasteiger charge is -2.04. The molecule has 3 N–H and O–H groups in total. The average Bonchev–Trinajstić information content (AvgIpc) is 3.31. The summed E-state index contributed by atoms with van der Waals surface area (Å²) in [7, 11) is 0. The number of allylic oxidation sites excluding steroid dienone is 2. The van der Waals surface area contributed by atoms with Crippen LogP contribution in [0, 0.1) is 13.8 Å². The maximum Gasteiger partial charge on any atom is 0.273 e. The molecule has 0 spiro atoms. The van der Waals surface area contributed by atoms with Crippen LogP contribution in [0.15, 0.2) is 28.8 Å². The standard InChI is InChI=1S/C25H27N3O6/c1-5-15-13(3)24(33)27-19(15)10-18-12(2)16(6-8-22(29)30)20(26-18)11-21-17(7-9-23(31)32)14(4)25(34)28-21/h5,10-11,26,28,34H,1,6-9H2,2-4H3,(H,29,30)(H,31,32)/p-2/b18-10+,20-11+. The van der Waals surface area contributed by atoms with Gasteiger partial charge in [0.25, 0.3) is 5.91 Å². The second-order valence-electron chi connectivity index (χ2n) is 8.12. The first-order valence-corrected chi connectivity index (χ1v) is 10.7. The second kappa shape index (κ2) is 9.78. The summed E-state index contributed by atoms with van der Waals surface area (Å²) in [5, 5.41) is 33.5. The summed E-state index contributed by atoms with van der Waals surface area (Å²) < 4.78 is 0. The topological polar surface area (TPSA) is 162 Å². The molecule has 34 heavy (non-hydrogen) atoms. The molecule has 9 nitrogen and oxygen atoms in total. The number of aliphatic imine (C=N–C) groups is 1. The number of hydrogen-bond acceptors (Lipinski definition) is 6. The molecule has 1 amide bonds. The van der Waals surface area contributed by atoms with Crippen molar-refractivity contribution >= 4 is 35.7 Å². The summed E-state index contributed by atoms with van der Waals surface area (Å²) in [6.07, 6.45) is 4.87. The van der Waals surface area contributed by atoms with E-state index >= 15 is 0 Å². The van der Waals surface area contributed by atoms with Crippen LogP contribution in [0.2, 0.25) is 0 Å². The number of rotatable bonds is 9. The number of aromatic hydroxyl groups is 1. The van der Waals surface area contributed by atoms with Gasteiger partial charge in [-0.15, -0.1) is 0 Å². The van der Waals surface area contributed by atoms with Gasteiger partial charge in [-0.25, -0.2) is 4.99 Å². The zero-order chi connectivity index (χ0) is 25.2. The van der Waals surface area contributed by atoms with E-state index in [1.165, 1.54) is 0 Å². The maximum atomic E-state index is 12.0. The van der Waals surface area contributed by atoms with Gasteiger partial charge >= 0.3 is 0 Å². The van der Waals surface area contributed by atoms with Crippen molar-refractivity contribution in [2.24, 2.45) is 4.99 Å². The van der Waals surface area contributed by atoms with Crippen molar-refractivity contribution in [3.05, 3.63) is 62.4 Å². The smallest absolute Gasteiger partial charge is 0.273 e. The van der Waals surface area contributed by atoms with Crippen LogP contribution in [-0.4, -0.2) is 38.6 Å². The van der Waals surface area contributed by atoms with Crippen LogP contribution in [0.3, 0.4) is 0 Å². The molecule has 1 aliphatic rings. The quantitative estimate of drug-likeness (QED) is 0.438. The van der Waals surface area contributed by atoms with E-state index in [9.17, 15) is 29.7 Å². The number of carbonyl (C=O) groups is 3. The van der Waals surface area contributed by atoms with Crippen molar-refractivity contribution in [3.8, 4) is 5.88 Å². The molecule has 2 aromatic heterocycles. The predicted molar refractivity (Wildman–Crippen MR) is 122 cm³/mol. The molecule has 2 aromatic rings. The van der Waals surface area contributed by atoms with E-state index in [0.29, 0.717) is 49.9 Å². The molecular weight excluding hydrogens is 438 g/mol. The number of nitrogens with one attached hydrogen (secondary N) is 2. The van der Waals surface area contributed by atoms with E-state index in [2.05, 4.69) is 21.5 Å². The molecule has 9 heteroatoms. The Hall–Kier alpha value is -4.14.